The predicted octanol–water partition coefficient (Wildman–Crippen LogP) is 4.19. The highest BCUT2D eigenvalue weighted by molar-refractivity contribution is 9.09. The molecule has 0 saturated carbocycles. The lowest BCUT2D eigenvalue weighted by Crippen LogP contribution is -2.13. The molecule has 0 aliphatic carbocycles. The first-order valence-electron chi connectivity index (χ1n) is 6.92. The predicted molar refractivity (Wildman–Crippen MR) is 90.6 cm³/mol. The first kappa shape index (κ1) is 16.4. The monoisotopic (exact) mass is 370 g/mol. The number of hydrogen-bond acceptors (Lipinski definition) is 2. The number of hydrogen-bond donors (Lipinski definition) is 0. The molecule has 0 saturated heterocycles. The average Bonchev–Trinajstić information content (AvgIpc) is 2.73. The fourth-order valence-corrected chi connectivity index (χ4v) is 3.15. The molecule has 0 fully saturated rings. The zero-order valence-corrected chi connectivity index (χ0v) is 14.9. The lowest BCUT2D eigenvalue weighted by atomic mass is 9.96. The summed E-state index contributed by atoms with van der Waals surface area (Å²) in [6, 6.07) is 8.23. The molecule has 1 atom stereocenters. The van der Waals surface area contributed by atoms with Gasteiger partial charge in [0.1, 0.15) is 5.75 Å². The van der Waals surface area contributed by atoms with Crippen molar-refractivity contribution in [2.45, 2.75) is 19.8 Å². The number of halogens is 2. The van der Waals surface area contributed by atoms with Crippen LogP contribution in [-0.2, 0) is 19.9 Å². The van der Waals surface area contributed by atoms with E-state index in [1.807, 2.05) is 30.8 Å². The fourth-order valence-electron chi connectivity index (χ4n) is 2.45. The van der Waals surface area contributed by atoms with E-state index in [1.54, 1.807) is 7.11 Å². The Balaban J connectivity index is 2.09. The molecule has 1 heterocycles. The molecule has 0 spiro atoms. The van der Waals surface area contributed by atoms with Crippen LogP contribution >= 0.6 is 27.5 Å². The minimum absolute atomic E-state index is 0.477. The summed E-state index contributed by atoms with van der Waals surface area (Å²) < 4.78 is 7.08. The van der Waals surface area contributed by atoms with Gasteiger partial charge in [0, 0.05) is 12.4 Å². The van der Waals surface area contributed by atoms with Crippen LogP contribution in [0.5, 0.6) is 5.75 Å². The Hall–Kier alpha value is -1.00. The number of benzene rings is 1. The van der Waals surface area contributed by atoms with Crippen molar-refractivity contribution in [2.24, 2.45) is 13.0 Å². The molecule has 0 bridgehead atoms. The molecule has 1 aromatic heterocycles. The van der Waals surface area contributed by atoms with Gasteiger partial charge in [-0.3, -0.25) is 4.68 Å². The maximum Gasteiger partial charge on any atom is 0.118 e. The largest absolute Gasteiger partial charge is 0.497 e. The number of rotatable bonds is 6. The Kier molecular flexibility index (Phi) is 5.71. The van der Waals surface area contributed by atoms with Crippen LogP contribution in [0.3, 0.4) is 0 Å². The Labute approximate surface area is 139 Å². The first-order chi connectivity index (χ1) is 10.0. The van der Waals surface area contributed by atoms with Gasteiger partial charge in [-0.15, -0.1) is 0 Å². The van der Waals surface area contributed by atoms with Gasteiger partial charge in [-0.05, 0) is 43.4 Å². The number of alkyl halides is 1. The standard InChI is InChI=1S/C16H20BrClN2O/c1-11-16(18)15(20(2)19-11)9-13(10-17)8-12-4-6-14(21-3)7-5-12/h4-7,13H,8-10H2,1-3H3. The second-order valence-corrected chi connectivity index (χ2v) is 6.27. The minimum atomic E-state index is 0.477. The van der Waals surface area contributed by atoms with Crippen molar-refractivity contribution in [2.75, 3.05) is 12.4 Å². The van der Waals surface area contributed by atoms with E-state index in [0.717, 1.165) is 40.3 Å². The van der Waals surface area contributed by atoms with Crippen molar-refractivity contribution in [3.05, 3.63) is 46.2 Å². The van der Waals surface area contributed by atoms with E-state index in [0.29, 0.717) is 5.92 Å². The van der Waals surface area contributed by atoms with E-state index >= 15 is 0 Å². The lowest BCUT2D eigenvalue weighted by molar-refractivity contribution is 0.414. The normalized spacial score (nSPS) is 12.4. The molecule has 0 radical (unpaired) electrons. The maximum atomic E-state index is 6.34. The zero-order valence-electron chi connectivity index (χ0n) is 12.6. The van der Waals surface area contributed by atoms with Crippen molar-refractivity contribution in [3.8, 4) is 5.75 Å². The molecule has 3 nitrogen and oxygen atoms in total. The Morgan fingerprint density at radius 1 is 1.29 bits per heavy atom. The third-order valence-corrected chi connectivity index (χ3v) is 5.05. The summed E-state index contributed by atoms with van der Waals surface area (Å²) in [7, 11) is 3.63. The van der Waals surface area contributed by atoms with Gasteiger partial charge in [0.15, 0.2) is 0 Å². The summed E-state index contributed by atoms with van der Waals surface area (Å²) in [5, 5.41) is 6.10. The molecule has 0 aliphatic rings. The summed E-state index contributed by atoms with van der Waals surface area (Å²) in [4.78, 5) is 0. The maximum absolute atomic E-state index is 6.34. The topological polar surface area (TPSA) is 27.1 Å². The Morgan fingerprint density at radius 3 is 2.43 bits per heavy atom. The molecule has 0 amide bonds. The summed E-state index contributed by atoms with van der Waals surface area (Å²) in [5.41, 5.74) is 3.30. The molecule has 5 heteroatoms. The van der Waals surface area contributed by atoms with Crippen molar-refractivity contribution in [1.29, 1.82) is 0 Å². The van der Waals surface area contributed by atoms with Crippen molar-refractivity contribution in [1.82, 2.24) is 9.78 Å². The van der Waals surface area contributed by atoms with E-state index in [-0.39, 0.29) is 0 Å². The molecule has 2 aromatic rings. The zero-order chi connectivity index (χ0) is 15.4. The van der Waals surface area contributed by atoms with Crippen LogP contribution in [0.15, 0.2) is 24.3 Å². The third-order valence-electron chi connectivity index (χ3n) is 3.65. The van der Waals surface area contributed by atoms with Crippen LogP contribution < -0.4 is 4.74 Å². The third kappa shape index (κ3) is 4.01. The van der Waals surface area contributed by atoms with Crippen LogP contribution in [0.2, 0.25) is 5.02 Å². The Morgan fingerprint density at radius 2 is 1.95 bits per heavy atom. The lowest BCUT2D eigenvalue weighted by Gasteiger charge is -2.15. The number of ether oxygens (including phenoxy) is 1. The van der Waals surface area contributed by atoms with Crippen LogP contribution in [0.25, 0.3) is 0 Å². The molecule has 114 valence electrons. The molecule has 1 unspecified atom stereocenters. The Bertz CT molecular complexity index is 595. The fraction of sp³-hybridized carbons (Fsp3) is 0.438. The van der Waals surface area contributed by atoms with Crippen molar-refractivity contribution < 1.29 is 4.74 Å². The van der Waals surface area contributed by atoms with Crippen molar-refractivity contribution in [3.63, 3.8) is 0 Å². The summed E-state index contributed by atoms with van der Waals surface area (Å²) in [5.74, 6) is 1.37. The van der Waals surface area contributed by atoms with Crippen molar-refractivity contribution >= 4 is 27.5 Å². The number of nitrogens with zero attached hydrogens (tertiary/aromatic N) is 2. The van der Waals surface area contributed by atoms with E-state index < -0.39 is 0 Å². The molecule has 1 aromatic carbocycles. The van der Waals surface area contributed by atoms with Gasteiger partial charge in [-0.25, -0.2) is 0 Å². The van der Waals surface area contributed by atoms with E-state index in [1.165, 1.54) is 5.56 Å². The molecule has 0 aliphatic heterocycles. The number of methoxy groups -OCH3 is 1. The second-order valence-electron chi connectivity index (χ2n) is 5.25. The van der Waals surface area contributed by atoms with Gasteiger partial charge < -0.3 is 4.74 Å². The molecular weight excluding hydrogens is 352 g/mol. The number of aromatic nitrogens is 2. The second kappa shape index (κ2) is 7.32. The smallest absolute Gasteiger partial charge is 0.118 e. The van der Waals surface area contributed by atoms with Gasteiger partial charge in [-0.1, -0.05) is 39.7 Å². The average molecular weight is 372 g/mol. The molecule has 0 N–H and O–H groups in total. The van der Waals surface area contributed by atoms with E-state index in [4.69, 9.17) is 16.3 Å². The van der Waals surface area contributed by atoms with E-state index in [2.05, 4.69) is 33.2 Å². The van der Waals surface area contributed by atoms with Gasteiger partial charge in [0.05, 0.1) is 23.5 Å². The first-order valence-corrected chi connectivity index (χ1v) is 8.42. The highest BCUT2D eigenvalue weighted by Gasteiger charge is 2.17. The van der Waals surface area contributed by atoms with Crippen LogP contribution in [0.1, 0.15) is 17.0 Å². The number of aryl methyl sites for hydroxylation is 2. The van der Waals surface area contributed by atoms with Gasteiger partial charge >= 0.3 is 0 Å². The van der Waals surface area contributed by atoms with Crippen LogP contribution in [-0.4, -0.2) is 22.2 Å². The van der Waals surface area contributed by atoms with Crippen LogP contribution in [0.4, 0.5) is 0 Å². The highest BCUT2D eigenvalue weighted by atomic mass is 79.9. The van der Waals surface area contributed by atoms with E-state index in [9.17, 15) is 0 Å². The quantitative estimate of drug-likeness (QED) is 0.712. The minimum Gasteiger partial charge on any atom is -0.497 e. The highest BCUT2D eigenvalue weighted by Crippen LogP contribution is 2.25. The van der Waals surface area contributed by atoms with Gasteiger partial charge in [0.2, 0.25) is 0 Å². The summed E-state index contributed by atoms with van der Waals surface area (Å²) >= 11 is 9.96. The van der Waals surface area contributed by atoms with Gasteiger partial charge in [0.25, 0.3) is 0 Å². The van der Waals surface area contributed by atoms with Crippen LogP contribution in [0, 0.1) is 12.8 Å². The summed E-state index contributed by atoms with van der Waals surface area (Å²) in [6.07, 6.45) is 1.91. The summed E-state index contributed by atoms with van der Waals surface area (Å²) in [6.45, 7) is 1.94. The SMILES string of the molecule is COc1ccc(CC(CBr)Cc2c(Cl)c(C)nn2C)cc1. The molecular formula is C16H20BrClN2O. The van der Waals surface area contributed by atoms with Gasteiger partial charge in [-0.2, -0.15) is 5.10 Å². The molecule has 2 rings (SSSR count). The molecule has 21 heavy (non-hydrogen) atoms.